The standard InChI is InChI=1S/C22H32N4O2/c1-3-25-20(27)5-4-19(21(25)17-11-23-24(2)13-17)22(28)26-12-16-7-14-6-15(8-16)10-18(26)9-14/h11,13-16,18-19,21H,3-10,12H2,1-2H3. The number of aromatic nitrogens is 2. The van der Waals surface area contributed by atoms with E-state index in [0.717, 1.165) is 23.9 Å². The second-order valence-electron chi connectivity index (χ2n) is 9.64. The lowest BCUT2D eigenvalue weighted by molar-refractivity contribution is -0.149. The molecule has 0 spiro atoms. The van der Waals surface area contributed by atoms with Gasteiger partial charge in [-0.15, -0.1) is 0 Å². The van der Waals surface area contributed by atoms with Gasteiger partial charge in [0.05, 0.1) is 18.2 Å². The zero-order valence-electron chi connectivity index (χ0n) is 17.1. The van der Waals surface area contributed by atoms with Gasteiger partial charge in [0.1, 0.15) is 0 Å². The van der Waals surface area contributed by atoms with Gasteiger partial charge in [-0.25, -0.2) is 0 Å². The first-order valence-electron chi connectivity index (χ1n) is 11.1. The smallest absolute Gasteiger partial charge is 0.228 e. The van der Waals surface area contributed by atoms with E-state index in [2.05, 4.69) is 10.00 Å². The summed E-state index contributed by atoms with van der Waals surface area (Å²) in [4.78, 5) is 30.7. The third kappa shape index (κ3) is 2.96. The Kier molecular flexibility index (Phi) is 4.48. The van der Waals surface area contributed by atoms with Gasteiger partial charge in [0.15, 0.2) is 0 Å². The lowest BCUT2D eigenvalue weighted by Gasteiger charge is -2.43. The average molecular weight is 385 g/mol. The van der Waals surface area contributed by atoms with Crippen LogP contribution in [0.2, 0.25) is 0 Å². The largest absolute Gasteiger partial charge is 0.339 e. The second-order valence-corrected chi connectivity index (χ2v) is 9.64. The molecule has 2 amide bonds. The number of amides is 2. The van der Waals surface area contributed by atoms with Crippen molar-refractivity contribution in [1.29, 1.82) is 0 Å². The summed E-state index contributed by atoms with van der Waals surface area (Å²) < 4.78 is 1.77. The topological polar surface area (TPSA) is 58.4 Å². The van der Waals surface area contributed by atoms with Crippen molar-refractivity contribution in [1.82, 2.24) is 19.6 Å². The van der Waals surface area contributed by atoms with Gasteiger partial charge in [-0.1, -0.05) is 0 Å². The van der Waals surface area contributed by atoms with Crippen LogP contribution in [0.3, 0.4) is 0 Å². The molecule has 3 aliphatic heterocycles. The van der Waals surface area contributed by atoms with Crippen LogP contribution in [0.5, 0.6) is 0 Å². The molecule has 4 bridgehead atoms. The predicted molar refractivity (Wildman–Crippen MR) is 105 cm³/mol. The molecule has 0 aromatic carbocycles. The molecule has 2 saturated carbocycles. The van der Waals surface area contributed by atoms with Crippen LogP contribution in [0.25, 0.3) is 0 Å². The molecule has 5 aliphatic rings. The Morgan fingerprint density at radius 3 is 2.50 bits per heavy atom. The monoisotopic (exact) mass is 384 g/mol. The van der Waals surface area contributed by atoms with Crippen LogP contribution in [0, 0.1) is 23.7 Å². The van der Waals surface area contributed by atoms with Gasteiger partial charge in [0.25, 0.3) is 0 Å². The van der Waals surface area contributed by atoms with Crippen LogP contribution < -0.4 is 0 Å². The molecule has 4 heterocycles. The highest BCUT2D eigenvalue weighted by Gasteiger charge is 2.48. The maximum Gasteiger partial charge on any atom is 0.228 e. The highest BCUT2D eigenvalue weighted by Crippen LogP contribution is 2.48. The summed E-state index contributed by atoms with van der Waals surface area (Å²) in [6.45, 7) is 3.59. The molecular formula is C22H32N4O2. The van der Waals surface area contributed by atoms with Crippen LogP contribution in [-0.4, -0.2) is 50.5 Å². The van der Waals surface area contributed by atoms with Gasteiger partial charge >= 0.3 is 0 Å². The molecule has 0 N–H and O–H groups in total. The summed E-state index contributed by atoms with van der Waals surface area (Å²) in [5.74, 6) is 2.65. The first-order chi connectivity index (χ1) is 13.5. The van der Waals surface area contributed by atoms with Crippen molar-refractivity contribution < 1.29 is 9.59 Å². The molecule has 6 nitrogen and oxygen atoms in total. The predicted octanol–water partition coefficient (Wildman–Crippen LogP) is 2.76. The number of hydrogen-bond acceptors (Lipinski definition) is 3. The summed E-state index contributed by atoms with van der Waals surface area (Å²) in [5.41, 5.74) is 0.997. The van der Waals surface area contributed by atoms with Crippen LogP contribution in [0.4, 0.5) is 0 Å². The third-order valence-electron chi connectivity index (χ3n) is 7.82. The number of piperidine rings is 1. The molecule has 4 unspecified atom stereocenters. The SMILES string of the molecule is CCN1C(=O)CCC(C(=O)N2CC3CC4CC(C3)CC2C4)C1c1cnn(C)c1. The first-order valence-corrected chi connectivity index (χ1v) is 11.1. The van der Waals surface area contributed by atoms with E-state index in [-0.39, 0.29) is 23.8 Å². The molecule has 3 saturated heterocycles. The average Bonchev–Trinajstić information content (AvgIpc) is 3.00. The molecule has 2 aliphatic carbocycles. The minimum Gasteiger partial charge on any atom is -0.339 e. The zero-order chi connectivity index (χ0) is 19.4. The Hall–Kier alpha value is -1.85. The maximum atomic E-state index is 13.9. The minimum atomic E-state index is -0.176. The molecule has 5 fully saturated rings. The van der Waals surface area contributed by atoms with Crippen LogP contribution >= 0.6 is 0 Å². The molecule has 6 heteroatoms. The van der Waals surface area contributed by atoms with E-state index >= 15 is 0 Å². The fraction of sp³-hybridized carbons (Fsp3) is 0.773. The number of fused-ring (bicyclic) bond motifs is 1. The maximum absolute atomic E-state index is 13.9. The molecule has 1 aromatic heterocycles. The number of likely N-dealkylation sites (tertiary alicyclic amines) is 1. The normalized spacial score (nSPS) is 37.4. The lowest BCUT2D eigenvalue weighted by Crippen LogP contribution is -2.51. The minimum absolute atomic E-state index is 0.141. The van der Waals surface area contributed by atoms with Gasteiger partial charge in [-0.3, -0.25) is 14.3 Å². The summed E-state index contributed by atoms with van der Waals surface area (Å²) >= 11 is 0. The van der Waals surface area contributed by atoms with E-state index in [9.17, 15) is 9.59 Å². The van der Waals surface area contributed by atoms with Crippen molar-refractivity contribution >= 4 is 11.8 Å². The van der Waals surface area contributed by atoms with Crippen molar-refractivity contribution in [2.45, 2.75) is 64.0 Å². The number of hydrogen-bond donors (Lipinski definition) is 0. The quantitative estimate of drug-likeness (QED) is 0.805. The number of carbonyl (C=O) groups is 2. The third-order valence-corrected chi connectivity index (χ3v) is 7.82. The number of nitrogens with zero attached hydrogens (tertiary/aromatic N) is 4. The highest BCUT2D eigenvalue weighted by atomic mass is 16.2. The van der Waals surface area contributed by atoms with Gasteiger partial charge in [0, 0.05) is 44.4 Å². The van der Waals surface area contributed by atoms with E-state index in [4.69, 9.17) is 0 Å². The van der Waals surface area contributed by atoms with Crippen molar-refractivity contribution in [3.63, 3.8) is 0 Å². The molecule has 4 atom stereocenters. The molecule has 6 rings (SSSR count). The second kappa shape index (κ2) is 6.89. The number of rotatable bonds is 3. The zero-order valence-corrected chi connectivity index (χ0v) is 17.1. The van der Waals surface area contributed by atoms with E-state index in [0.29, 0.717) is 31.3 Å². The van der Waals surface area contributed by atoms with Crippen molar-refractivity contribution in [3.8, 4) is 0 Å². The summed E-state index contributed by atoms with van der Waals surface area (Å²) in [5, 5.41) is 4.33. The van der Waals surface area contributed by atoms with E-state index in [1.807, 2.05) is 31.3 Å². The fourth-order valence-electron chi connectivity index (χ4n) is 6.86. The number of carbonyl (C=O) groups excluding carboxylic acids is 2. The van der Waals surface area contributed by atoms with Crippen molar-refractivity contribution in [2.24, 2.45) is 30.7 Å². The van der Waals surface area contributed by atoms with Crippen LogP contribution in [0.1, 0.15) is 63.5 Å². The Morgan fingerprint density at radius 2 is 1.86 bits per heavy atom. The van der Waals surface area contributed by atoms with Gasteiger partial charge < -0.3 is 9.80 Å². The first kappa shape index (κ1) is 18.2. The Morgan fingerprint density at radius 1 is 1.14 bits per heavy atom. The number of aryl methyl sites for hydroxylation is 1. The summed E-state index contributed by atoms with van der Waals surface area (Å²) in [7, 11) is 1.89. The molecule has 28 heavy (non-hydrogen) atoms. The van der Waals surface area contributed by atoms with E-state index < -0.39 is 0 Å². The molecular weight excluding hydrogens is 352 g/mol. The van der Waals surface area contributed by atoms with Crippen molar-refractivity contribution in [3.05, 3.63) is 18.0 Å². The lowest BCUT2D eigenvalue weighted by atomic mass is 9.68. The van der Waals surface area contributed by atoms with E-state index in [1.165, 1.54) is 32.1 Å². The molecule has 1 aromatic rings. The van der Waals surface area contributed by atoms with Crippen LogP contribution in [-0.2, 0) is 16.6 Å². The Labute approximate surface area is 167 Å². The highest BCUT2D eigenvalue weighted by molar-refractivity contribution is 5.85. The van der Waals surface area contributed by atoms with Gasteiger partial charge in [-0.05, 0) is 63.2 Å². The van der Waals surface area contributed by atoms with E-state index in [1.54, 1.807) is 4.68 Å². The van der Waals surface area contributed by atoms with Gasteiger partial charge in [0.2, 0.25) is 11.8 Å². The summed E-state index contributed by atoms with van der Waals surface area (Å²) in [6, 6.07) is 0.246. The Balaban J connectivity index is 1.46. The van der Waals surface area contributed by atoms with Crippen LogP contribution in [0.15, 0.2) is 12.4 Å². The summed E-state index contributed by atoms with van der Waals surface area (Å²) in [6.07, 6.45) is 11.3. The fourth-order valence-corrected chi connectivity index (χ4v) is 6.86. The van der Waals surface area contributed by atoms with Gasteiger partial charge in [-0.2, -0.15) is 5.10 Å². The van der Waals surface area contributed by atoms with Crippen molar-refractivity contribution in [2.75, 3.05) is 13.1 Å². The molecule has 0 radical (unpaired) electrons. The molecule has 152 valence electrons. The Bertz CT molecular complexity index is 760.